The minimum atomic E-state index is -0.160. The van der Waals surface area contributed by atoms with Crippen LogP contribution in [-0.4, -0.2) is 22.7 Å². The number of hydrogen-bond donors (Lipinski definition) is 1. The fraction of sp³-hybridized carbons (Fsp3) is 0.235. The van der Waals surface area contributed by atoms with Crippen LogP contribution in [0.1, 0.15) is 26.6 Å². The first-order valence-electron chi connectivity index (χ1n) is 7.62. The van der Waals surface area contributed by atoms with Gasteiger partial charge in [-0.1, -0.05) is 23.4 Å². The number of amides is 1. The van der Waals surface area contributed by atoms with Crippen molar-refractivity contribution < 1.29 is 14.1 Å². The van der Waals surface area contributed by atoms with Gasteiger partial charge in [-0.25, -0.2) is 0 Å². The van der Waals surface area contributed by atoms with Crippen LogP contribution < -0.4 is 5.32 Å². The zero-order chi connectivity index (χ0) is 16.5. The molecule has 7 heteroatoms. The van der Waals surface area contributed by atoms with Gasteiger partial charge in [-0.2, -0.15) is 4.98 Å². The first kappa shape index (κ1) is 15.0. The molecule has 0 atom stereocenters. The van der Waals surface area contributed by atoms with E-state index in [9.17, 15) is 4.79 Å². The molecular formula is C17H15N3O3S. The number of aromatic nitrogens is 2. The Bertz CT molecular complexity index is 886. The highest BCUT2D eigenvalue weighted by molar-refractivity contribution is 7.17. The molecule has 4 rings (SSSR count). The lowest BCUT2D eigenvalue weighted by atomic mass is 10.1. The number of nitrogens with one attached hydrogen (secondary N) is 1. The Labute approximate surface area is 142 Å². The Morgan fingerprint density at radius 3 is 2.88 bits per heavy atom. The number of fused-ring (bicyclic) bond motifs is 1. The van der Waals surface area contributed by atoms with Crippen molar-refractivity contribution >= 4 is 22.2 Å². The van der Waals surface area contributed by atoms with Gasteiger partial charge in [-0.15, -0.1) is 11.3 Å². The summed E-state index contributed by atoms with van der Waals surface area (Å²) >= 11 is 1.50. The summed E-state index contributed by atoms with van der Waals surface area (Å²) in [5.41, 5.74) is 2.55. The molecule has 1 aliphatic heterocycles. The van der Waals surface area contributed by atoms with E-state index in [0.29, 0.717) is 30.5 Å². The minimum absolute atomic E-state index is 0.160. The molecule has 0 fully saturated rings. The molecule has 1 amide bonds. The number of hydrogen-bond acceptors (Lipinski definition) is 6. The summed E-state index contributed by atoms with van der Waals surface area (Å²) in [4.78, 5) is 17.9. The summed E-state index contributed by atoms with van der Waals surface area (Å²) < 4.78 is 10.9. The predicted octanol–water partition coefficient (Wildman–Crippen LogP) is 3.43. The highest BCUT2D eigenvalue weighted by atomic mass is 32.1. The standard InChI is InChI=1S/C17H15N3O3S/c1-10-18-16(23-20-10)14-12-7-8-22-9-13(12)24-17(14)19-15(21)11-5-3-2-4-6-11/h2-6H,7-9H2,1H3,(H,19,21). The Hall–Kier alpha value is -2.51. The SMILES string of the molecule is Cc1noc(-c2c(NC(=O)c3ccccc3)sc3c2CCOC3)n1. The van der Waals surface area contributed by atoms with E-state index in [4.69, 9.17) is 9.26 Å². The highest BCUT2D eigenvalue weighted by Crippen LogP contribution is 2.42. The van der Waals surface area contributed by atoms with E-state index >= 15 is 0 Å². The highest BCUT2D eigenvalue weighted by Gasteiger charge is 2.26. The molecule has 0 bridgehead atoms. The van der Waals surface area contributed by atoms with Crippen molar-refractivity contribution in [2.45, 2.75) is 20.0 Å². The maximum Gasteiger partial charge on any atom is 0.261 e. The van der Waals surface area contributed by atoms with Crippen LogP contribution in [0.3, 0.4) is 0 Å². The number of ether oxygens (including phenoxy) is 1. The van der Waals surface area contributed by atoms with Crippen molar-refractivity contribution in [2.75, 3.05) is 11.9 Å². The quantitative estimate of drug-likeness (QED) is 0.790. The van der Waals surface area contributed by atoms with Gasteiger partial charge in [0.25, 0.3) is 11.8 Å². The van der Waals surface area contributed by atoms with E-state index in [1.165, 1.54) is 11.3 Å². The van der Waals surface area contributed by atoms with E-state index in [1.54, 1.807) is 19.1 Å². The summed E-state index contributed by atoms with van der Waals surface area (Å²) in [6, 6.07) is 9.12. The Morgan fingerprint density at radius 2 is 2.12 bits per heavy atom. The van der Waals surface area contributed by atoms with Gasteiger partial charge in [-0.05, 0) is 31.0 Å². The van der Waals surface area contributed by atoms with Crippen LogP contribution in [0.25, 0.3) is 11.5 Å². The van der Waals surface area contributed by atoms with Gasteiger partial charge in [0.05, 0.1) is 18.8 Å². The van der Waals surface area contributed by atoms with E-state index in [2.05, 4.69) is 15.5 Å². The molecule has 1 aliphatic rings. The van der Waals surface area contributed by atoms with Gasteiger partial charge in [0.1, 0.15) is 5.00 Å². The van der Waals surface area contributed by atoms with Gasteiger partial charge < -0.3 is 14.6 Å². The number of nitrogens with zero attached hydrogens (tertiary/aromatic N) is 2. The number of benzene rings is 1. The number of anilines is 1. The second-order valence-corrected chi connectivity index (χ2v) is 6.58. The van der Waals surface area contributed by atoms with Crippen molar-refractivity contribution in [1.29, 1.82) is 0 Å². The predicted molar refractivity (Wildman–Crippen MR) is 90.1 cm³/mol. The molecule has 6 nitrogen and oxygen atoms in total. The van der Waals surface area contributed by atoms with E-state index in [0.717, 1.165) is 27.4 Å². The van der Waals surface area contributed by atoms with Crippen LogP contribution in [0.15, 0.2) is 34.9 Å². The molecule has 0 radical (unpaired) electrons. The smallest absolute Gasteiger partial charge is 0.261 e. The number of carbonyl (C=O) groups is 1. The van der Waals surface area contributed by atoms with Crippen molar-refractivity contribution in [1.82, 2.24) is 10.1 Å². The van der Waals surface area contributed by atoms with Crippen molar-refractivity contribution in [2.24, 2.45) is 0 Å². The van der Waals surface area contributed by atoms with Crippen LogP contribution in [0, 0.1) is 6.92 Å². The van der Waals surface area contributed by atoms with Crippen LogP contribution in [0.4, 0.5) is 5.00 Å². The molecule has 1 aromatic carbocycles. The van der Waals surface area contributed by atoms with Crippen molar-refractivity contribution in [3.05, 3.63) is 52.2 Å². The second-order valence-electron chi connectivity index (χ2n) is 5.48. The molecular weight excluding hydrogens is 326 g/mol. The molecule has 24 heavy (non-hydrogen) atoms. The number of thiophene rings is 1. The first-order chi connectivity index (χ1) is 11.7. The summed E-state index contributed by atoms with van der Waals surface area (Å²) in [6.07, 6.45) is 0.768. The summed E-state index contributed by atoms with van der Waals surface area (Å²) in [5.74, 6) is 0.847. The Kier molecular flexibility index (Phi) is 3.87. The lowest BCUT2D eigenvalue weighted by Crippen LogP contribution is -2.11. The van der Waals surface area contributed by atoms with Gasteiger partial charge in [0, 0.05) is 10.4 Å². The summed E-state index contributed by atoms with van der Waals surface area (Å²) in [5, 5.41) is 7.59. The molecule has 3 aromatic rings. The van der Waals surface area contributed by atoms with E-state index in [1.807, 2.05) is 18.2 Å². The third-order valence-corrected chi connectivity index (χ3v) is 4.95. The largest absolute Gasteiger partial charge is 0.376 e. The summed E-state index contributed by atoms with van der Waals surface area (Å²) in [6.45, 7) is 2.97. The minimum Gasteiger partial charge on any atom is -0.376 e. The lowest BCUT2D eigenvalue weighted by molar-refractivity contribution is 0.102. The maximum absolute atomic E-state index is 12.5. The van der Waals surface area contributed by atoms with E-state index in [-0.39, 0.29) is 5.91 Å². The fourth-order valence-corrected chi connectivity index (χ4v) is 3.88. The molecule has 0 aliphatic carbocycles. The van der Waals surface area contributed by atoms with Crippen molar-refractivity contribution in [3.8, 4) is 11.5 Å². The van der Waals surface area contributed by atoms with Crippen LogP contribution >= 0.6 is 11.3 Å². The molecule has 0 saturated carbocycles. The molecule has 3 heterocycles. The van der Waals surface area contributed by atoms with Crippen LogP contribution in [-0.2, 0) is 17.8 Å². The lowest BCUT2D eigenvalue weighted by Gasteiger charge is -2.12. The zero-order valence-corrected chi connectivity index (χ0v) is 13.9. The monoisotopic (exact) mass is 341 g/mol. The normalized spacial score (nSPS) is 13.5. The summed E-state index contributed by atoms with van der Waals surface area (Å²) in [7, 11) is 0. The maximum atomic E-state index is 12.5. The van der Waals surface area contributed by atoms with Gasteiger partial charge in [-0.3, -0.25) is 4.79 Å². The second kappa shape index (κ2) is 6.18. The van der Waals surface area contributed by atoms with Gasteiger partial charge >= 0.3 is 0 Å². The Morgan fingerprint density at radius 1 is 1.29 bits per heavy atom. The molecule has 0 spiro atoms. The molecule has 2 aromatic heterocycles. The third-order valence-electron chi connectivity index (χ3n) is 3.82. The number of rotatable bonds is 3. The molecule has 0 saturated heterocycles. The molecule has 1 N–H and O–H groups in total. The van der Waals surface area contributed by atoms with Gasteiger partial charge in [0.2, 0.25) is 0 Å². The zero-order valence-electron chi connectivity index (χ0n) is 13.0. The average Bonchev–Trinajstić information content (AvgIpc) is 3.18. The molecule has 122 valence electrons. The average molecular weight is 341 g/mol. The van der Waals surface area contributed by atoms with Gasteiger partial charge in [0.15, 0.2) is 5.82 Å². The van der Waals surface area contributed by atoms with Crippen LogP contribution in [0.5, 0.6) is 0 Å². The first-order valence-corrected chi connectivity index (χ1v) is 8.43. The number of aryl methyl sites for hydroxylation is 1. The van der Waals surface area contributed by atoms with E-state index < -0.39 is 0 Å². The van der Waals surface area contributed by atoms with Crippen LogP contribution in [0.2, 0.25) is 0 Å². The topological polar surface area (TPSA) is 77.2 Å². The van der Waals surface area contributed by atoms with Crippen molar-refractivity contribution in [3.63, 3.8) is 0 Å². The Balaban J connectivity index is 1.75. The molecule has 0 unspecified atom stereocenters. The third kappa shape index (κ3) is 2.72. The number of carbonyl (C=O) groups excluding carboxylic acids is 1. The fourth-order valence-electron chi connectivity index (χ4n) is 2.71.